The van der Waals surface area contributed by atoms with Gasteiger partial charge >= 0.3 is 0 Å². The second-order valence-corrected chi connectivity index (χ2v) is 5.42. The Morgan fingerprint density at radius 2 is 1.67 bits per heavy atom. The fraction of sp³-hybridized carbons (Fsp3) is 0.368. The predicted molar refractivity (Wildman–Crippen MR) is 86.0 cm³/mol. The van der Waals surface area contributed by atoms with Crippen LogP contribution in [-0.4, -0.2) is 4.98 Å². The van der Waals surface area contributed by atoms with E-state index < -0.39 is 0 Å². The number of aryl methyl sites for hydroxylation is 3. The molecule has 1 aromatic heterocycles. The number of aromatic nitrogens is 1. The Balaban J connectivity index is 1.84. The second-order valence-electron chi connectivity index (χ2n) is 5.42. The first-order chi connectivity index (χ1) is 10.3. The number of unbranched alkanes of at least 4 members (excludes halogenated alkanes) is 2. The lowest BCUT2D eigenvalue weighted by Crippen LogP contribution is -1.96. The number of hydrogen-bond acceptors (Lipinski definition) is 2. The maximum atomic E-state index is 8.78. The lowest BCUT2D eigenvalue weighted by atomic mass is 10.0. The molecule has 0 saturated carbocycles. The van der Waals surface area contributed by atoms with E-state index in [1.807, 2.05) is 30.5 Å². The van der Waals surface area contributed by atoms with Crippen LogP contribution >= 0.6 is 0 Å². The number of pyridine rings is 1. The quantitative estimate of drug-likeness (QED) is 0.701. The summed E-state index contributed by atoms with van der Waals surface area (Å²) in [4.78, 5) is 4.55. The Labute approximate surface area is 127 Å². The average molecular weight is 278 g/mol. The summed E-state index contributed by atoms with van der Waals surface area (Å²) in [5.41, 5.74) is 4.44. The summed E-state index contributed by atoms with van der Waals surface area (Å²) in [6.45, 7) is 2.23. The van der Waals surface area contributed by atoms with Crippen LogP contribution in [0.5, 0.6) is 0 Å². The molecule has 0 spiro atoms. The summed E-state index contributed by atoms with van der Waals surface area (Å²) in [6.07, 6.45) is 8.87. The highest BCUT2D eigenvalue weighted by Gasteiger charge is 1.99. The molecule has 21 heavy (non-hydrogen) atoms. The molecule has 2 aromatic rings. The van der Waals surface area contributed by atoms with Gasteiger partial charge < -0.3 is 0 Å². The number of hydrogen-bond donors (Lipinski definition) is 0. The van der Waals surface area contributed by atoms with Crippen molar-refractivity contribution in [2.24, 2.45) is 0 Å². The summed E-state index contributed by atoms with van der Waals surface area (Å²) in [6, 6.07) is 14.3. The minimum absolute atomic E-state index is 0.716. The lowest BCUT2D eigenvalue weighted by Gasteiger charge is -2.04. The van der Waals surface area contributed by atoms with Crippen LogP contribution in [0, 0.1) is 11.3 Å². The van der Waals surface area contributed by atoms with E-state index in [9.17, 15) is 0 Å². The van der Waals surface area contributed by atoms with E-state index in [2.05, 4.69) is 30.1 Å². The average Bonchev–Trinajstić information content (AvgIpc) is 2.55. The van der Waals surface area contributed by atoms with Crippen LogP contribution in [0.1, 0.15) is 48.6 Å². The molecule has 0 atom stereocenters. The third-order valence-corrected chi connectivity index (χ3v) is 3.71. The van der Waals surface area contributed by atoms with E-state index in [4.69, 9.17) is 5.26 Å². The Kier molecular flexibility index (Phi) is 5.97. The Hall–Kier alpha value is -2.14. The second kappa shape index (κ2) is 8.21. The zero-order valence-corrected chi connectivity index (χ0v) is 12.7. The summed E-state index contributed by atoms with van der Waals surface area (Å²) in [5, 5.41) is 8.78. The van der Waals surface area contributed by atoms with Gasteiger partial charge in [-0.1, -0.05) is 38.0 Å². The number of nitriles is 1. The van der Waals surface area contributed by atoms with E-state index in [0.717, 1.165) is 25.0 Å². The molecule has 0 aliphatic carbocycles. The van der Waals surface area contributed by atoms with Crippen LogP contribution in [0.3, 0.4) is 0 Å². The maximum absolute atomic E-state index is 8.78. The zero-order valence-electron chi connectivity index (χ0n) is 12.7. The van der Waals surface area contributed by atoms with E-state index in [0.29, 0.717) is 5.56 Å². The summed E-state index contributed by atoms with van der Waals surface area (Å²) >= 11 is 0. The molecule has 0 fully saturated rings. The summed E-state index contributed by atoms with van der Waals surface area (Å²) in [7, 11) is 0. The molecule has 0 bridgehead atoms. The van der Waals surface area contributed by atoms with Crippen molar-refractivity contribution in [2.75, 3.05) is 0 Å². The van der Waals surface area contributed by atoms with Gasteiger partial charge in [0.1, 0.15) is 0 Å². The predicted octanol–water partition coefficient (Wildman–Crippen LogP) is 4.47. The van der Waals surface area contributed by atoms with Crippen LogP contribution in [0.25, 0.3) is 0 Å². The normalized spacial score (nSPS) is 10.3. The van der Waals surface area contributed by atoms with Gasteiger partial charge in [-0.15, -0.1) is 0 Å². The van der Waals surface area contributed by atoms with Gasteiger partial charge in [-0.3, -0.25) is 4.98 Å². The molecule has 0 amide bonds. The van der Waals surface area contributed by atoms with Crippen LogP contribution in [0.2, 0.25) is 0 Å². The molecule has 0 radical (unpaired) electrons. The van der Waals surface area contributed by atoms with Crippen molar-refractivity contribution in [3.63, 3.8) is 0 Å². The van der Waals surface area contributed by atoms with Gasteiger partial charge in [-0.05, 0) is 55.0 Å². The molecule has 2 rings (SSSR count). The standard InChI is InChI=1S/C19H22N2/c1-2-3-4-5-18-11-13-19(21-15-18)12-10-16-6-8-17(14-20)9-7-16/h6-9,11,13,15H,2-5,10,12H2,1H3. The Morgan fingerprint density at radius 3 is 2.29 bits per heavy atom. The molecule has 2 heteroatoms. The topological polar surface area (TPSA) is 36.7 Å². The van der Waals surface area contributed by atoms with Gasteiger partial charge in [0.25, 0.3) is 0 Å². The fourth-order valence-electron chi connectivity index (χ4n) is 2.35. The molecule has 2 nitrogen and oxygen atoms in total. The monoisotopic (exact) mass is 278 g/mol. The summed E-state index contributed by atoms with van der Waals surface area (Å²) < 4.78 is 0. The largest absolute Gasteiger partial charge is 0.261 e. The first-order valence-electron chi connectivity index (χ1n) is 7.74. The van der Waals surface area contributed by atoms with Crippen molar-refractivity contribution < 1.29 is 0 Å². The lowest BCUT2D eigenvalue weighted by molar-refractivity contribution is 0.715. The molecule has 0 aliphatic rings. The van der Waals surface area contributed by atoms with Gasteiger partial charge in [0.2, 0.25) is 0 Å². The number of nitrogens with zero attached hydrogens (tertiary/aromatic N) is 2. The summed E-state index contributed by atoms with van der Waals surface area (Å²) in [5.74, 6) is 0. The first kappa shape index (κ1) is 15.3. The molecular weight excluding hydrogens is 256 g/mol. The molecule has 1 heterocycles. The highest BCUT2D eigenvalue weighted by atomic mass is 14.7. The van der Waals surface area contributed by atoms with Gasteiger partial charge in [0.05, 0.1) is 11.6 Å². The van der Waals surface area contributed by atoms with Crippen molar-refractivity contribution in [1.29, 1.82) is 5.26 Å². The van der Waals surface area contributed by atoms with Crippen molar-refractivity contribution in [1.82, 2.24) is 4.98 Å². The SMILES string of the molecule is CCCCCc1ccc(CCc2ccc(C#N)cc2)nc1. The van der Waals surface area contributed by atoms with Crippen molar-refractivity contribution >= 4 is 0 Å². The van der Waals surface area contributed by atoms with Gasteiger partial charge in [-0.25, -0.2) is 0 Å². The molecule has 0 saturated heterocycles. The molecule has 0 N–H and O–H groups in total. The Bertz CT molecular complexity index is 576. The van der Waals surface area contributed by atoms with E-state index in [1.165, 1.54) is 30.4 Å². The molecule has 0 unspecified atom stereocenters. The van der Waals surface area contributed by atoms with Gasteiger partial charge in [0.15, 0.2) is 0 Å². The van der Waals surface area contributed by atoms with Crippen LogP contribution in [-0.2, 0) is 19.3 Å². The van der Waals surface area contributed by atoms with Crippen LogP contribution in [0.4, 0.5) is 0 Å². The third-order valence-electron chi connectivity index (χ3n) is 3.71. The minimum Gasteiger partial charge on any atom is -0.261 e. The van der Waals surface area contributed by atoms with Crippen molar-refractivity contribution in [2.45, 2.75) is 45.4 Å². The number of benzene rings is 1. The van der Waals surface area contributed by atoms with Crippen LogP contribution < -0.4 is 0 Å². The smallest absolute Gasteiger partial charge is 0.0991 e. The molecule has 0 aliphatic heterocycles. The van der Waals surface area contributed by atoms with Gasteiger partial charge in [0, 0.05) is 11.9 Å². The van der Waals surface area contributed by atoms with Crippen LogP contribution in [0.15, 0.2) is 42.6 Å². The molecular formula is C19H22N2. The van der Waals surface area contributed by atoms with E-state index >= 15 is 0 Å². The fourth-order valence-corrected chi connectivity index (χ4v) is 2.35. The number of rotatable bonds is 7. The maximum Gasteiger partial charge on any atom is 0.0991 e. The van der Waals surface area contributed by atoms with Crippen molar-refractivity contribution in [3.05, 3.63) is 65.0 Å². The minimum atomic E-state index is 0.716. The molecule has 108 valence electrons. The highest BCUT2D eigenvalue weighted by molar-refractivity contribution is 5.31. The van der Waals surface area contributed by atoms with Gasteiger partial charge in [-0.2, -0.15) is 5.26 Å². The van der Waals surface area contributed by atoms with E-state index in [1.54, 1.807) is 0 Å². The van der Waals surface area contributed by atoms with E-state index in [-0.39, 0.29) is 0 Å². The Morgan fingerprint density at radius 1 is 0.905 bits per heavy atom. The first-order valence-corrected chi connectivity index (χ1v) is 7.74. The van der Waals surface area contributed by atoms with Crippen molar-refractivity contribution in [3.8, 4) is 6.07 Å². The highest BCUT2D eigenvalue weighted by Crippen LogP contribution is 2.10. The third kappa shape index (κ3) is 5.04. The zero-order chi connectivity index (χ0) is 14.9. The molecule has 1 aromatic carbocycles.